The molecular formula is C14H14N4O4S. The summed E-state index contributed by atoms with van der Waals surface area (Å²) in [6, 6.07) is 5.98. The maximum absolute atomic E-state index is 11.9. The molecule has 0 saturated carbocycles. The predicted octanol–water partition coefficient (Wildman–Crippen LogP) is 2.51. The number of thioether (sulfide) groups is 1. The molecule has 0 aliphatic rings. The maximum Gasteiger partial charge on any atom is 0.296 e. The zero-order valence-corrected chi connectivity index (χ0v) is 13.1. The first-order valence-corrected chi connectivity index (χ1v) is 7.69. The number of hydrogen-bond donors (Lipinski definition) is 1. The molecule has 8 nitrogen and oxygen atoms in total. The van der Waals surface area contributed by atoms with Gasteiger partial charge in [0.25, 0.3) is 5.69 Å². The van der Waals surface area contributed by atoms with Crippen molar-refractivity contribution < 1.29 is 14.5 Å². The second-order valence-electron chi connectivity index (χ2n) is 4.24. The van der Waals surface area contributed by atoms with Crippen molar-refractivity contribution in [2.24, 2.45) is 0 Å². The number of amides is 1. The normalized spacial score (nSPS) is 10.1. The number of carbonyl (C=O) groups is 1. The van der Waals surface area contributed by atoms with Crippen molar-refractivity contribution in [2.75, 3.05) is 17.7 Å². The van der Waals surface area contributed by atoms with E-state index >= 15 is 0 Å². The second-order valence-corrected chi connectivity index (χ2v) is 5.18. The lowest BCUT2D eigenvalue weighted by Gasteiger charge is -2.08. The minimum Gasteiger partial charge on any atom is -0.494 e. The van der Waals surface area contributed by atoms with Gasteiger partial charge in [-0.3, -0.25) is 14.9 Å². The van der Waals surface area contributed by atoms with E-state index in [4.69, 9.17) is 4.74 Å². The lowest BCUT2D eigenvalue weighted by atomic mass is 10.2. The Labute approximate surface area is 136 Å². The fourth-order valence-corrected chi connectivity index (χ4v) is 2.30. The highest BCUT2D eigenvalue weighted by molar-refractivity contribution is 7.99. The molecule has 0 saturated heterocycles. The number of anilines is 1. The molecule has 2 rings (SSSR count). The average Bonchev–Trinajstić information content (AvgIpc) is 2.55. The first-order valence-electron chi connectivity index (χ1n) is 6.71. The van der Waals surface area contributed by atoms with Crippen molar-refractivity contribution in [2.45, 2.75) is 12.1 Å². The van der Waals surface area contributed by atoms with Crippen LogP contribution in [0.1, 0.15) is 6.92 Å². The summed E-state index contributed by atoms with van der Waals surface area (Å²) in [7, 11) is 0. The largest absolute Gasteiger partial charge is 0.494 e. The van der Waals surface area contributed by atoms with Gasteiger partial charge < -0.3 is 10.1 Å². The van der Waals surface area contributed by atoms with Gasteiger partial charge in [-0.1, -0.05) is 11.8 Å². The Morgan fingerprint density at radius 2 is 2.13 bits per heavy atom. The Morgan fingerprint density at radius 3 is 2.78 bits per heavy atom. The van der Waals surface area contributed by atoms with Gasteiger partial charge in [-0.2, -0.15) is 0 Å². The quantitative estimate of drug-likeness (QED) is 0.359. The number of nitrogens with zero attached hydrogens (tertiary/aromatic N) is 3. The number of hydrogen-bond acceptors (Lipinski definition) is 7. The van der Waals surface area contributed by atoms with Crippen molar-refractivity contribution >= 4 is 29.0 Å². The molecule has 1 heterocycles. The van der Waals surface area contributed by atoms with Gasteiger partial charge in [-0.05, 0) is 25.1 Å². The Hall–Kier alpha value is -2.68. The van der Waals surface area contributed by atoms with E-state index in [2.05, 4.69) is 15.3 Å². The van der Waals surface area contributed by atoms with Crippen LogP contribution in [-0.4, -0.2) is 33.2 Å². The van der Waals surface area contributed by atoms with E-state index < -0.39 is 4.92 Å². The van der Waals surface area contributed by atoms with E-state index in [1.165, 1.54) is 12.1 Å². The average molecular weight is 334 g/mol. The predicted molar refractivity (Wildman–Crippen MR) is 85.7 cm³/mol. The van der Waals surface area contributed by atoms with Crippen molar-refractivity contribution in [3.63, 3.8) is 0 Å². The summed E-state index contributed by atoms with van der Waals surface area (Å²) in [5, 5.41) is 14.1. The molecule has 0 radical (unpaired) electrons. The smallest absolute Gasteiger partial charge is 0.296 e. The first-order chi connectivity index (χ1) is 11.1. The first kappa shape index (κ1) is 16.7. The fraction of sp³-hybridized carbons (Fsp3) is 0.214. The van der Waals surface area contributed by atoms with Gasteiger partial charge in [-0.15, -0.1) is 0 Å². The van der Waals surface area contributed by atoms with Crippen LogP contribution in [0.2, 0.25) is 0 Å². The molecule has 0 atom stereocenters. The van der Waals surface area contributed by atoms with Crippen LogP contribution in [0.3, 0.4) is 0 Å². The topological polar surface area (TPSA) is 107 Å². The third-order valence-corrected chi connectivity index (χ3v) is 3.50. The van der Waals surface area contributed by atoms with Crippen LogP contribution >= 0.6 is 11.8 Å². The molecule has 120 valence electrons. The lowest BCUT2D eigenvalue weighted by molar-refractivity contribution is -0.384. The zero-order valence-electron chi connectivity index (χ0n) is 12.3. The molecule has 0 fully saturated rings. The molecule has 2 aromatic rings. The summed E-state index contributed by atoms with van der Waals surface area (Å²) in [5.41, 5.74) is -0.0942. The number of nitro groups is 1. The summed E-state index contributed by atoms with van der Waals surface area (Å²) < 4.78 is 5.22. The number of ether oxygens (including phenoxy) is 1. The zero-order chi connectivity index (χ0) is 16.7. The molecule has 0 unspecified atom stereocenters. The summed E-state index contributed by atoms with van der Waals surface area (Å²) in [4.78, 5) is 30.4. The van der Waals surface area contributed by atoms with Crippen molar-refractivity contribution in [1.29, 1.82) is 0 Å². The molecule has 9 heteroatoms. The maximum atomic E-state index is 11.9. The minimum absolute atomic E-state index is 0.0500. The Bertz CT molecular complexity index is 696. The number of nitro benzene ring substituents is 1. The third kappa shape index (κ3) is 4.92. The van der Waals surface area contributed by atoms with Crippen molar-refractivity contribution in [3.8, 4) is 5.75 Å². The monoisotopic (exact) mass is 334 g/mol. The molecule has 0 bridgehead atoms. The highest BCUT2D eigenvalue weighted by Gasteiger charge is 2.17. The Kier molecular flexibility index (Phi) is 5.87. The van der Waals surface area contributed by atoms with Gasteiger partial charge in [0, 0.05) is 12.4 Å². The summed E-state index contributed by atoms with van der Waals surface area (Å²) in [6.45, 7) is 2.18. The van der Waals surface area contributed by atoms with Gasteiger partial charge in [0.15, 0.2) is 5.16 Å². The number of carbonyl (C=O) groups excluding carboxylic acids is 1. The molecule has 1 amide bonds. The van der Waals surface area contributed by atoms with E-state index in [9.17, 15) is 14.9 Å². The summed E-state index contributed by atoms with van der Waals surface area (Å²) >= 11 is 1.14. The molecule has 1 N–H and O–H groups in total. The highest BCUT2D eigenvalue weighted by Crippen LogP contribution is 2.29. The molecular weight excluding hydrogens is 320 g/mol. The van der Waals surface area contributed by atoms with E-state index in [1.807, 2.05) is 0 Å². The van der Waals surface area contributed by atoms with Crippen molar-refractivity contribution in [3.05, 3.63) is 46.8 Å². The molecule has 23 heavy (non-hydrogen) atoms. The minimum atomic E-state index is -0.564. The number of rotatable bonds is 7. The van der Waals surface area contributed by atoms with Crippen LogP contribution in [-0.2, 0) is 4.79 Å². The van der Waals surface area contributed by atoms with Crippen LogP contribution in [0.5, 0.6) is 5.75 Å². The standard InChI is InChI=1S/C14H14N4O4S/c1-2-22-10-4-5-11(12(8-10)18(20)21)17-13(19)9-23-14-15-6-3-7-16-14/h3-8H,2,9H2,1H3,(H,17,19). The van der Waals surface area contributed by atoms with Crippen LogP contribution in [0.25, 0.3) is 0 Å². The summed E-state index contributed by atoms with van der Waals surface area (Å²) in [6.07, 6.45) is 3.15. The van der Waals surface area contributed by atoms with Crippen molar-refractivity contribution in [1.82, 2.24) is 9.97 Å². The Balaban J connectivity index is 2.03. The second kappa shape index (κ2) is 8.08. The van der Waals surface area contributed by atoms with Gasteiger partial charge in [0.1, 0.15) is 11.4 Å². The molecule has 0 spiro atoms. The number of benzene rings is 1. The molecule has 1 aromatic carbocycles. The molecule has 0 aliphatic heterocycles. The van der Waals surface area contributed by atoms with Gasteiger partial charge in [0.05, 0.1) is 23.3 Å². The van der Waals surface area contributed by atoms with E-state index in [0.717, 1.165) is 11.8 Å². The number of nitrogens with one attached hydrogen (secondary N) is 1. The number of aromatic nitrogens is 2. The third-order valence-electron chi connectivity index (χ3n) is 2.63. The Morgan fingerprint density at radius 1 is 1.39 bits per heavy atom. The summed E-state index contributed by atoms with van der Waals surface area (Å²) in [5.74, 6) is 0.0490. The highest BCUT2D eigenvalue weighted by atomic mass is 32.2. The SMILES string of the molecule is CCOc1ccc(NC(=O)CSc2ncccn2)c([N+](=O)[O-])c1. The van der Waals surface area contributed by atoms with Gasteiger partial charge in [-0.25, -0.2) is 9.97 Å². The van der Waals surface area contributed by atoms with Crippen LogP contribution in [0.15, 0.2) is 41.8 Å². The van der Waals surface area contributed by atoms with E-state index in [1.54, 1.807) is 31.5 Å². The van der Waals surface area contributed by atoms with Crippen LogP contribution < -0.4 is 10.1 Å². The van der Waals surface area contributed by atoms with Gasteiger partial charge in [0.2, 0.25) is 5.91 Å². The van der Waals surface area contributed by atoms with Crippen LogP contribution in [0.4, 0.5) is 11.4 Å². The van der Waals surface area contributed by atoms with Gasteiger partial charge >= 0.3 is 0 Å². The molecule has 1 aromatic heterocycles. The molecule has 0 aliphatic carbocycles. The lowest BCUT2D eigenvalue weighted by Crippen LogP contribution is -2.15. The van der Waals surface area contributed by atoms with Crippen LogP contribution in [0, 0.1) is 10.1 Å². The van der Waals surface area contributed by atoms with E-state index in [0.29, 0.717) is 17.5 Å². The fourth-order valence-electron chi connectivity index (χ4n) is 1.70. The van der Waals surface area contributed by atoms with E-state index in [-0.39, 0.29) is 23.0 Å².